The minimum absolute atomic E-state index is 0.139. The van der Waals surface area contributed by atoms with Crippen molar-refractivity contribution in [2.45, 2.75) is 83.2 Å². The molecule has 8 nitrogen and oxygen atoms in total. The highest BCUT2D eigenvalue weighted by Gasteiger charge is 2.24. The average Bonchev–Trinajstić information content (AvgIpc) is 3.32. The summed E-state index contributed by atoms with van der Waals surface area (Å²) in [7, 11) is 4.57. The highest BCUT2D eigenvalue weighted by atomic mass is 35.5. The second-order valence-electron chi connectivity index (χ2n) is 12.4. The predicted octanol–water partition coefficient (Wildman–Crippen LogP) is 6.37. The summed E-state index contributed by atoms with van der Waals surface area (Å²) in [5.41, 5.74) is 6.29. The number of methoxy groups -OCH3 is 3. The first kappa shape index (κ1) is 34.6. The number of carbonyl (C=O) groups excluding carboxylic acids is 1. The van der Waals surface area contributed by atoms with Crippen molar-refractivity contribution in [3.63, 3.8) is 0 Å². The van der Waals surface area contributed by atoms with Crippen molar-refractivity contribution >= 4 is 35.7 Å². The number of fused-ring (bicyclic) bond motifs is 1. The Morgan fingerprint density at radius 3 is 2.18 bits per heavy atom. The zero-order valence-corrected chi connectivity index (χ0v) is 27.6. The van der Waals surface area contributed by atoms with Crippen LogP contribution in [0.25, 0.3) is 12.2 Å². The molecule has 0 spiro atoms. The van der Waals surface area contributed by atoms with Crippen molar-refractivity contribution in [1.29, 1.82) is 0 Å². The number of halogens is 1. The number of carbonyl (C=O) groups is 2. The van der Waals surface area contributed by atoms with Gasteiger partial charge in [-0.05, 0) is 104 Å². The maximum atomic E-state index is 13.5. The van der Waals surface area contributed by atoms with Gasteiger partial charge in [0, 0.05) is 5.02 Å². The molecule has 3 N–H and O–H groups in total. The van der Waals surface area contributed by atoms with Gasteiger partial charge in [-0.3, -0.25) is 0 Å². The van der Waals surface area contributed by atoms with Gasteiger partial charge in [-0.2, -0.15) is 0 Å². The Hall–Kier alpha value is -3.23. The largest absolute Gasteiger partial charge is 0.493 e. The minimum Gasteiger partial charge on any atom is -0.493 e. The lowest BCUT2D eigenvalue weighted by Gasteiger charge is -2.22. The second-order valence-corrected chi connectivity index (χ2v) is 12.8. The molecule has 1 saturated carbocycles. The second kappa shape index (κ2) is 16.9. The Morgan fingerprint density at radius 1 is 0.867 bits per heavy atom. The summed E-state index contributed by atoms with van der Waals surface area (Å²) >= 11 is 6.40. The van der Waals surface area contributed by atoms with E-state index in [1.807, 2.05) is 0 Å². The highest BCUT2D eigenvalue weighted by Crippen LogP contribution is 2.39. The van der Waals surface area contributed by atoms with Crippen LogP contribution in [-0.4, -0.2) is 51.0 Å². The van der Waals surface area contributed by atoms with Gasteiger partial charge in [0.25, 0.3) is 0 Å². The van der Waals surface area contributed by atoms with Crippen LogP contribution in [-0.2, 0) is 4.74 Å². The summed E-state index contributed by atoms with van der Waals surface area (Å²) in [6, 6.07) is 6.43. The van der Waals surface area contributed by atoms with Crippen molar-refractivity contribution in [2.24, 2.45) is 23.5 Å². The van der Waals surface area contributed by atoms with Gasteiger partial charge in [0.05, 0.1) is 32.5 Å². The first-order valence-corrected chi connectivity index (χ1v) is 16.6. The number of ether oxygens (including phenoxy) is 4. The number of benzene rings is 2. The molecular weight excluding hydrogens is 594 g/mol. The van der Waals surface area contributed by atoms with E-state index in [1.165, 1.54) is 65.9 Å². The van der Waals surface area contributed by atoms with Crippen molar-refractivity contribution in [2.75, 3.05) is 27.9 Å². The zero-order chi connectivity index (χ0) is 32.3. The lowest BCUT2D eigenvalue weighted by Crippen LogP contribution is -2.24. The first-order valence-electron chi connectivity index (χ1n) is 16.2. The molecule has 1 fully saturated rings. The topological polar surface area (TPSA) is 117 Å². The molecule has 4 unspecified atom stereocenters. The van der Waals surface area contributed by atoms with Gasteiger partial charge in [0.1, 0.15) is 6.10 Å². The molecule has 9 heteroatoms. The number of rotatable bonds is 16. The van der Waals surface area contributed by atoms with Crippen LogP contribution in [0.5, 0.6) is 17.2 Å². The summed E-state index contributed by atoms with van der Waals surface area (Å²) in [6.07, 6.45) is 16.7. The molecule has 4 rings (SSSR count). The third-order valence-electron chi connectivity index (χ3n) is 9.34. The molecule has 0 saturated heterocycles. The SMILES string of the molecule is COc1cc(C(=O)OC(CCCC2C=c3cc(C(=O)O)cc(Cl)c3=C2)CCC2CCCC(CCCN)CC2)cc(OC)c1OC. The third kappa shape index (κ3) is 9.39. The van der Waals surface area contributed by atoms with Crippen LogP contribution >= 0.6 is 11.6 Å². The van der Waals surface area contributed by atoms with Gasteiger partial charge in [-0.25, -0.2) is 9.59 Å². The van der Waals surface area contributed by atoms with Crippen LogP contribution in [0.4, 0.5) is 0 Å². The number of nitrogens with two attached hydrogens (primary N) is 1. The molecule has 4 atom stereocenters. The fourth-order valence-corrected chi connectivity index (χ4v) is 7.15. The molecule has 45 heavy (non-hydrogen) atoms. The number of hydrogen-bond acceptors (Lipinski definition) is 7. The van der Waals surface area contributed by atoms with Crippen molar-refractivity contribution in [3.8, 4) is 17.2 Å². The Balaban J connectivity index is 1.43. The Labute approximate surface area is 271 Å². The molecule has 2 aliphatic rings. The maximum absolute atomic E-state index is 13.5. The Kier molecular flexibility index (Phi) is 13.0. The quantitative estimate of drug-likeness (QED) is 0.160. The Morgan fingerprint density at radius 2 is 1.56 bits per heavy atom. The monoisotopic (exact) mass is 641 g/mol. The Bertz CT molecular complexity index is 1420. The maximum Gasteiger partial charge on any atom is 0.338 e. The van der Waals surface area contributed by atoms with E-state index in [2.05, 4.69) is 12.2 Å². The summed E-state index contributed by atoms with van der Waals surface area (Å²) in [4.78, 5) is 25.0. The number of esters is 1. The molecule has 2 aliphatic carbocycles. The van der Waals surface area contributed by atoms with E-state index in [1.54, 1.807) is 18.2 Å². The summed E-state index contributed by atoms with van der Waals surface area (Å²) in [6.45, 7) is 0.762. The lowest BCUT2D eigenvalue weighted by molar-refractivity contribution is 0.0236. The molecular formula is C36H48ClNO7. The van der Waals surface area contributed by atoms with E-state index >= 15 is 0 Å². The lowest BCUT2D eigenvalue weighted by atomic mass is 9.90. The van der Waals surface area contributed by atoms with E-state index in [4.69, 9.17) is 36.3 Å². The molecule has 0 aliphatic heterocycles. The molecule has 0 amide bonds. The zero-order valence-electron chi connectivity index (χ0n) is 26.8. The normalized spacial score (nSPS) is 19.8. The van der Waals surface area contributed by atoms with Crippen molar-refractivity contribution in [3.05, 3.63) is 50.9 Å². The highest BCUT2D eigenvalue weighted by molar-refractivity contribution is 6.31. The number of carboxylic acid groups (broad SMARTS) is 1. The van der Waals surface area contributed by atoms with Crippen LogP contribution in [0, 0.1) is 17.8 Å². The van der Waals surface area contributed by atoms with Gasteiger partial charge in [0.2, 0.25) is 5.75 Å². The van der Waals surface area contributed by atoms with Gasteiger partial charge >= 0.3 is 11.9 Å². The first-order chi connectivity index (χ1) is 21.8. The van der Waals surface area contributed by atoms with Gasteiger partial charge in [0.15, 0.2) is 11.5 Å². The van der Waals surface area contributed by atoms with E-state index in [0.717, 1.165) is 61.4 Å². The van der Waals surface area contributed by atoms with Crippen LogP contribution in [0.15, 0.2) is 24.3 Å². The predicted molar refractivity (Wildman–Crippen MR) is 177 cm³/mol. The summed E-state index contributed by atoms with van der Waals surface area (Å²) < 4.78 is 22.5. The van der Waals surface area contributed by atoms with E-state index < -0.39 is 11.9 Å². The number of carboxylic acids is 1. The third-order valence-corrected chi connectivity index (χ3v) is 9.65. The molecule has 0 heterocycles. The molecule has 246 valence electrons. The number of aromatic carboxylic acids is 1. The summed E-state index contributed by atoms with van der Waals surface area (Å²) in [5.74, 6) is 1.36. The number of hydrogen-bond donors (Lipinski definition) is 2. The van der Waals surface area contributed by atoms with E-state index in [9.17, 15) is 14.7 Å². The molecule has 2 aromatic rings. The molecule has 0 bridgehead atoms. The minimum atomic E-state index is -0.993. The van der Waals surface area contributed by atoms with Crippen molar-refractivity contribution in [1.82, 2.24) is 0 Å². The molecule has 0 radical (unpaired) electrons. The van der Waals surface area contributed by atoms with Crippen LogP contribution < -0.4 is 30.4 Å². The van der Waals surface area contributed by atoms with Gasteiger partial charge in [-0.15, -0.1) is 0 Å². The van der Waals surface area contributed by atoms with E-state index in [0.29, 0.717) is 33.8 Å². The fourth-order valence-electron chi connectivity index (χ4n) is 6.86. The van der Waals surface area contributed by atoms with Crippen LogP contribution in [0.1, 0.15) is 97.8 Å². The smallest absolute Gasteiger partial charge is 0.338 e. The van der Waals surface area contributed by atoms with E-state index in [-0.39, 0.29) is 17.6 Å². The molecule has 0 aromatic heterocycles. The van der Waals surface area contributed by atoms with Gasteiger partial charge in [-0.1, -0.05) is 55.9 Å². The molecule has 2 aromatic carbocycles. The van der Waals surface area contributed by atoms with Gasteiger partial charge < -0.3 is 29.8 Å². The average molecular weight is 642 g/mol. The standard InChI is InChI=1S/C36H48ClNO7/c1-42-32-21-28(22-33(43-2)34(32)44-3)36(41)45-29(15-14-24-8-4-7-23(12-13-24)10-6-16-38)11-5-9-25-17-26-19-27(35(39)40)20-31(37)30(26)18-25/h17-25,29H,4-16,38H2,1-3H3,(H,39,40). The summed E-state index contributed by atoms with van der Waals surface area (Å²) in [5, 5.41) is 11.6. The van der Waals surface area contributed by atoms with Crippen LogP contribution in [0.3, 0.4) is 0 Å². The van der Waals surface area contributed by atoms with Crippen LogP contribution in [0.2, 0.25) is 5.02 Å². The van der Waals surface area contributed by atoms with Crippen molar-refractivity contribution < 1.29 is 33.6 Å². The fraction of sp³-hybridized carbons (Fsp3) is 0.556.